The second kappa shape index (κ2) is 9.38. The lowest BCUT2D eigenvalue weighted by Crippen LogP contribution is -2.13. The molecule has 0 radical (unpaired) electrons. The first-order valence-electron chi connectivity index (χ1n) is 4.50. The van der Waals surface area contributed by atoms with E-state index in [1.54, 1.807) is 24.3 Å². The van der Waals surface area contributed by atoms with Gasteiger partial charge in [-0.05, 0) is 11.1 Å². The van der Waals surface area contributed by atoms with E-state index in [0.717, 1.165) is 11.1 Å². The van der Waals surface area contributed by atoms with Gasteiger partial charge in [0.2, 0.25) is 0 Å². The molecule has 18 heavy (non-hydrogen) atoms. The predicted molar refractivity (Wildman–Crippen MR) is 69.7 cm³/mol. The summed E-state index contributed by atoms with van der Waals surface area (Å²) in [6, 6.07) is 6.95. The van der Waals surface area contributed by atoms with Crippen molar-refractivity contribution in [3.8, 4) is 0 Å². The van der Waals surface area contributed by atoms with Gasteiger partial charge in [0, 0.05) is 0 Å². The maximum Gasteiger partial charge on any atom is 0.404 e. The number of benzene rings is 1. The van der Waals surface area contributed by atoms with Crippen LogP contribution in [0.1, 0.15) is 11.1 Å². The van der Waals surface area contributed by atoms with Gasteiger partial charge in [-0.25, -0.2) is 9.59 Å². The maximum absolute atomic E-state index is 10.3. The average Bonchev–Trinajstić information content (AvgIpc) is 2.25. The largest absolute Gasteiger partial charge is 0.445 e. The highest BCUT2D eigenvalue weighted by Crippen LogP contribution is 2.06. The molecule has 0 saturated heterocycles. The Balaban J connectivity index is 0. The number of ether oxygens (including phenoxy) is 2. The molecule has 6 nitrogen and oxygen atoms in total. The molecule has 0 aliphatic carbocycles. The summed E-state index contributed by atoms with van der Waals surface area (Å²) in [5.74, 6) is 0. The quantitative estimate of drug-likeness (QED) is 0.882. The van der Waals surface area contributed by atoms with Crippen LogP contribution in [-0.2, 0) is 22.7 Å². The van der Waals surface area contributed by atoms with Crippen molar-refractivity contribution < 1.29 is 19.1 Å². The maximum atomic E-state index is 10.3. The molecule has 0 saturated carbocycles. The molecule has 1 rings (SSSR count). The van der Waals surface area contributed by atoms with Gasteiger partial charge in [-0.15, -0.1) is 24.8 Å². The van der Waals surface area contributed by atoms with E-state index >= 15 is 0 Å². The molecule has 8 heteroatoms. The van der Waals surface area contributed by atoms with Crippen molar-refractivity contribution in [3.05, 3.63) is 35.4 Å². The van der Waals surface area contributed by atoms with Gasteiger partial charge in [-0.3, -0.25) is 0 Å². The van der Waals surface area contributed by atoms with Crippen LogP contribution in [0.4, 0.5) is 9.59 Å². The zero-order valence-electron chi connectivity index (χ0n) is 9.33. The van der Waals surface area contributed by atoms with E-state index in [1.807, 2.05) is 0 Å². The summed E-state index contributed by atoms with van der Waals surface area (Å²) in [5.41, 5.74) is 11.2. The van der Waals surface area contributed by atoms with E-state index in [4.69, 9.17) is 11.5 Å². The summed E-state index contributed by atoms with van der Waals surface area (Å²) in [7, 11) is 0. The standard InChI is InChI=1S/C10H12N2O4.2ClH/c11-9(13)15-5-7-1-2-8(4-3-7)6-16-10(12)14;;/h1-4H,5-6H2,(H2,11,13)(H2,12,14);2*1H. The minimum absolute atomic E-state index is 0. The van der Waals surface area contributed by atoms with Crippen LogP contribution in [0.15, 0.2) is 24.3 Å². The van der Waals surface area contributed by atoms with Crippen LogP contribution in [0, 0.1) is 0 Å². The molecule has 102 valence electrons. The highest BCUT2D eigenvalue weighted by Gasteiger charge is 1.99. The molecule has 0 aliphatic rings. The Labute approximate surface area is 116 Å². The first kappa shape index (κ1) is 18.7. The van der Waals surface area contributed by atoms with E-state index < -0.39 is 12.2 Å². The highest BCUT2D eigenvalue weighted by molar-refractivity contribution is 5.85. The topological polar surface area (TPSA) is 105 Å². The molecular weight excluding hydrogens is 283 g/mol. The molecule has 4 N–H and O–H groups in total. The second-order valence-corrected chi connectivity index (χ2v) is 3.03. The highest BCUT2D eigenvalue weighted by atomic mass is 35.5. The SMILES string of the molecule is Cl.Cl.NC(=O)OCc1ccc(COC(N)=O)cc1. The van der Waals surface area contributed by atoms with Gasteiger partial charge < -0.3 is 20.9 Å². The third-order valence-electron chi connectivity index (χ3n) is 1.79. The number of primary amides is 2. The molecule has 1 aromatic rings. The molecule has 0 bridgehead atoms. The smallest absolute Gasteiger partial charge is 0.404 e. The number of amides is 2. The first-order valence-corrected chi connectivity index (χ1v) is 4.50. The van der Waals surface area contributed by atoms with Crippen molar-refractivity contribution in [1.29, 1.82) is 0 Å². The molecule has 0 fully saturated rings. The number of hydrogen-bond acceptors (Lipinski definition) is 4. The van der Waals surface area contributed by atoms with Gasteiger partial charge >= 0.3 is 12.2 Å². The number of nitrogens with two attached hydrogens (primary N) is 2. The van der Waals surface area contributed by atoms with E-state index in [2.05, 4.69) is 9.47 Å². The van der Waals surface area contributed by atoms with Gasteiger partial charge in [0.25, 0.3) is 0 Å². The number of rotatable bonds is 4. The number of carbonyl (C=O) groups excluding carboxylic acids is 2. The van der Waals surface area contributed by atoms with Crippen molar-refractivity contribution in [1.82, 2.24) is 0 Å². The summed E-state index contributed by atoms with van der Waals surface area (Å²) in [6.45, 7) is 0.235. The molecular formula is C10H14Cl2N2O4. The fraction of sp³-hybridized carbons (Fsp3) is 0.200. The summed E-state index contributed by atoms with van der Waals surface area (Å²) in [5, 5.41) is 0. The molecule has 0 spiro atoms. The molecule has 0 heterocycles. The fourth-order valence-electron chi connectivity index (χ4n) is 1.04. The molecule has 0 aromatic heterocycles. The third-order valence-corrected chi connectivity index (χ3v) is 1.79. The monoisotopic (exact) mass is 296 g/mol. The number of hydrogen-bond donors (Lipinski definition) is 2. The van der Waals surface area contributed by atoms with Crippen LogP contribution in [0.25, 0.3) is 0 Å². The van der Waals surface area contributed by atoms with Crippen molar-refractivity contribution in [2.24, 2.45) is 11.5 Å². The van der Waals surface area contributed by atoms with Crippen molar-refractivity contribution in [2.75, 3.05) is 0 Å². The van der Waals surface area contributed by atoms with Gasteiger partial charge in [-0.2, -0.15) is 0 Å². The normalized spacial score (nSPS) is 8.44. The van der Waals surface area contributed by atoms with Gasteiger partial charge in [0.05, 0.1) is 0 Å². The molecule has 1 aromatic carbocycles. The third kappa shape index (κ3) is 7.59. The average molecular weight is 297 g/mol. The van der Waals surface area contributed by atoms with E-state index in [1.165, 1.54) is 0 Å². The van der Waals surface area contributed by atoms with Crippen molar-refractivity contribution in [2.45, 2.75) is 13.2 Å². The molecule has 0 atom stereocenters. The molecule has 0 unspecified atom stereocenters. The second-order valence-electron chi connectivity index (χ2n) is 3.03. The number of halogens is 2. The zero-order chi connectivity index (χ0) is 12.0. The van der Waals surface area contributed by atoms with E-state index in [9.17, 15) is 9.59 Å². The predicted octanol–water partition coefficient (Wildman–Crippen LogP) is 1.72. The fourth-order valence-corrected chi connectivity index (χ4v) is 1.04. The summed E-state index contributed by atoms with van der Waals surface area (Å²) in [4.78, 5) is 20.7. The van der Waals surface area contributed by atoms with Crippen LogP contribution < -0.4 is 11.5 Å². The lowest BCUT2D eigenvalue weighted by molar-refractivity contribution is 0.148. The van der Waals surface area contributed by atoms with Crippen LogP contribution in [-0.4, -0.2) is 12.2 Å². The molecule has 2 amide bonds. The van der Waals surface area contributed by atoms with E-state index in [-0.39, 0.29) is 38.0 Å². The Hall–Kier alpha value is -1.66. The van der Waals surface area contributed by atoms with Crippen LogP contribution in [0.2, 0.25) is 0 Å². The van der Waals surface area contributed by atoms with E-state index in [0.29, 0.717) is 0 Å². The van der Waals surface area contributed by atoms with Crippen LogP contribution >= 0.6 is 24.8 Å². The minimum atomic E-state index is -0.818. The summed E-state index contributed by atoms with van der Waals surface area (Å²) < 4.78 is 9.20. The first-order chi connectivity index (χ1) is 7.58. The van der Waals surface area contributed by atoms with Gasteiger partial charge in [0.1, 0.15) is 13.2 Å². The molecule has 0 aliphatic heterocycles. The number of carbonyl (C=O) groups is 2. The lowest BCUT2D eigenvalue weighted by Gasteiger charge is -2.04. The Morgan fingerprint density at radius 1 is 0.833 bits per heavy atom. The van der Waals surface area contributed by atoms with Crippen molar-refractivity contribution in [3.63, 3.8) is 0 Å². The Morgan fingerprint density at radius 2 is 1.11 bits per heavy atom. The summed E-state index contributed by atoms with van der Waals surface area (Å²) in [6.07, 6.45) is -1.64. The Morgan fingerprint density at radius 3 is 1.33 bits per heavy atom. The Kier molecular flexibility index (Phi) is 9.74. The van der Waals surface area contributed by atoms with Crippen LogP contribution in [0.5, 0.6) is 0 Å². The zero-order valence-corrected chi connectivity index (χ0v) is 11.0. The Bertz CT molecular complexity index is 347. The summed E-state index contributed by atoms with van der Waals surface area (Å²) >= 11 is 0. The minimum Gasteiger partial charge on any atom is -0.445 e. The lowest BCUT2D eigenvalue weighted by atomic mass is 10.1. The van der Waals surface area contributed by atoms with Gasteiger partial charge in [-0.1, -0.05) is 24.3 Å². The van der Waals surface area contributed by atoms with Gasteiger partial charge in [0.15, 0.2) is 0 Å². The van der Waals surface area contributed by atoms with Crippen molar-refractivity contribution >= 4 is 37.0 Å². The van der Waals surface area contributed by atoms with Crippen LogP contribution in [0.3, 0.4) is 0 Å².